The van der Waals surface area contributed by atoms with Crippen molar-refractivity contribution >= 4 is 18.8 Å². The number of hydrogen-bond acceptors (Lipinski definition) is 1. The van der Waals surface area contributed by atoms with Crippen LogP contribution >= 0.6 is 0 Å². The maximum absolute atomic E-state index is 6.54. The van der Waals surface area contributed by atoms with Gasteiger partial charge in [-0.3, -0.25) is 0 Å². The third-order valence-electron chi connectivity index (χ3n) is 3.90. The molecule has 1 rings (SSSR count). The van der Waals surface area contributed by atoms with Crippen LogP contribution in [0.1, 0.15) is 52.9 Å². The summed E-state index contributed by atoms with van der Waals surface area (Å²) in [5, 5.41) is 0. The first-order valence-corrected chi connectivity index (χ1v) is 13.7. The molecule has 0 heterocycles. The van der Waals surface area contributed by atoms with E-state index in [9.17, 15) is 0 Å². The second kappa shape index (κ2) is 6.36. The summed E-state index contributed by atoms with van der Waals surface area (Å²) in [5.74, 6) is 0. The van der Waals surface area contributed by atoms with Gasteiger partial charge in [0.25, 0.3) is 0 Å². The summed E-state index contributed by atoms with van der Waals surface area (Å²) in [6.45, 7) is 7.06. The molecule has 1 nitrogen and oxygen atoms in total. The van der Waals surface area contributed by atoms with E-state index < -0.39 is 18.8 Å². The molecular weight excluding hydrogens is 279 g/mol. The van der Waals surface area contributed by atoms with E-state index in [1.807, 2.05) is 0 Å². The predicted molar refractivity (Wildman–Crippen MR) is 65.2 cm³/mol. The Kier molecular flexibility index (Phi) is 5.83. The molecule has 0 aromatic heterocycles. The molecule has 1 saturated carbocycles. The Morgan fingerprint density at radius 1 is 0.929 bits per heavy atom. The Bertz CT molecular complexity index is 140. The third kappa shape index (κ3) is 3.41. The zero-order valence-corrected chi connectivity index (χ0v) is 13.0. The molecule has 0 aliphatic heterocycles. The Labute approximate surface area is 94.0 Å². The van der Waals surface area contributed by atoms with E-state index >= 15 is 0 Å². The maximum atomic E-state index is 6.54. The van der Waals surface area contributed by atoms with Gasteiger partial charge in [0.2, 0.25) is 0 Å². The zero-order valence-electron chi connectivity index (χ0n) is 10.1. The van der Waals surface area contributed by atoms with Gasteiger partial charge in [-0.25, -0.2) is 0 Å². The van der Waals surface area contributed by atoms with Gasteiger partial charge in [-0.05, 0) is 0 Å². The van der Waals surface area contributed by atoms with Crippen molar-refractivity contribution in [1.29, 1.82) is 0 Å². The fourth-order valence-corrected chi connectivity index (χ4v) is 10.9. The van der Waals surface area contributed by atoms with E-state index in [1.54, 1.807) is 0 Å². The SMILES string of the molecule is C[CH2][Sn]([CH2]C)([CH2]C)[O]C1CCCCC1. The molecular formula is C12H26OSn. The average Bonchev–Trinajstić information content (AvgIpc) is 2.28. The van der Waals surface area contributed by atoms with Gasteiger partial charge in [-0.2, -0.15) is 0 Å². The van der Waals surface area contributed by atoms with Crippen LogP contribution in [-0.4, -0.2) is 24.9 Å². The third-order valence-corrected chi connectivity index (χ3v) is 17.3. The van der Waals surface area contributed by atoms with Crippen molar-refractivity contribution in [3.63, 3.8) is 0 Å². The molecule has 0 amide bonds. The molecule has 0 unspecified atom stereocenters. The molecule has 0 spiro atoms. The quantitative estimate of drug-likeness (QED) is 0.687. The molecule has 1 fully saturated rings. The van der Waals surface area contributed by atoms with Crippen LogP contribution < -0.4 is 0 Å². The van der Waals surface area contributed by atoms with Gasteiger partial charge in [-0.15, -0.1) is 0 Å². The minimum absolute atomic E-state index is 0.652. The van der Waals surface area contributed by atoms with Crippen LogP contribution in [0, 0.1) is 0 Å². The van der Waals surface area contributed by atoms with E-state index in [1.165, 1.54) is 45.4 Å². The summed E-state index contributed by atoms with van der Waals surface area (Å²) in [4.78, 5) is 0. The van der Waals surface area contributed by atoms with Gasteiger partial charge in [0.15, 0.2) is 0 Å². The molecule has 0 atom stereocenters. The normalized spacial score (nSPS) is 19.9. The summed E-state index contributed by atoms with van der Waals surface area (Å²) in [6.07, 6.45) is 7.59. The molecule has 0 saturated heterocycles. The summed E-state index contributed by atoms with van der Waals surface area (Å²) in [7, 11) is 0. The summed E-state index contributed by atoms with van der Waals surface area (Å²) in [6, 6.07) is 0. The van der Waals surface area contributed by atoms with Crippen molar-refractivity contribution in [3.8, 4) is 0 Å². The fourth-order valence-electron chi connectivity index (χ4n) is 2.54. The van der Waals surface area contributed by atoms with Crippen LogP contribution in [0.2, 0.25) is 13.3 Å². The fraction of sp³-hybridized carbons (Fsp3) is 1.00. The molecule has 0 aromatic carbocycles. The van der Waals surface area contributed by atoms with Crippen LogP contribution in [-0.2, 0) is 3.07 Å². The molecule has 0 aromatic rings. The Morgan fingerprint density at radius 2 is 1.43 bits per heavy atom. The van der Waals surface area contributed by atoms with E-state index in [-0.39, 0.29) is 0 Å². The van der Waals surface area contributed by atoms with Gasteiger partial charge in [0.05, 0.1) is 0 Å². The molecule has 0 N–H and O–H groups in total. The van der Waals surface area contributed by atoms with E-state index in [4.69, 9.17) is 3.07 Å². The topological polar surface area (TPSA) is 9.23 Å². The van der Waals surface area contributed by atoms with Crippen molar-refractivity contribution in [2.24, 2.45) is 0 Å². The van der Waals surface area contributed by atoms with Crippen molar-refractivity contribution in [1.82, 2.24) is 0 Å². The minimum atomic E-state index is -2.07. The first kappa shape index (κ1) is 12.8. The predicted octanol–water partition coefficient (Wildman–Crippen LogP) is 4.34. The molecule has 1 aliphatic carbocycles. The summed E-state index contributed by atoms with van der Waals surface area (Å²) < 4.78 is 10.7. The monoisotopic (exact) mass is 306 g/mol. The average molecular weight is 305 g/mol. The van der Waals surface area contributed by atoms with E-state index in [2.05, 4.69) is 20.8 Å². The molecule has 2 heteroatoms. The Morgan fingerprint density at radius 3 is 1.86 bits per heavy atom. The number of rotatable bonds is 5. The summed E-state index contributed by atoms with van der Waals surface area (Å²) in [5.41, 5.74) is 0. The van der Waals surface area contributed by atoms with Crippen molar-refractivity contribution < 1.29 is 3.07 Å². The van der Waals surface area contributed by atoms with Gasteiger partial charge < -0.3 is 0 Å². The van der Waals surface area contributed by atoms with Crippen molar-refractivity contribution in [2.45, 2.75) is 72.3 Å². The van der Waals surface area contributed by atoms with E-state index in [0.29, 0.717) is 6.10 Å². The van der Waals surface area contributed by atoms with Crippen molar-refractivity contribution in [3.05, 3.63) is 0 Å². The second-order valence-electron chi connectivity index (χ2n) is 4.62. The Balaban J connectivity index is 2.44. The standard InChI is InChI=1S/C6H11O.3C2H5.Sn/c7-6-4-2-1-3-5-6;3*1-2;/h6H,1-5H2;3*1H2,2H3;/q-1;;;;+1. The molecule has 0 radical (unpaired) electrons. The van der Waals surface area contributed by atoms with Gasteiger partial charge in [0.1, 0.15) is 0 Å². The van der Waals surface area contributed by atoms with Crippen LogP contribution in [0.25, 0.3) is 0 Å². The van der Waals surface area contributed by atoms with Gasteiger partial charge in [0, 0.05) is 0 Å². The van der Waals surface area contributed by atoms with Crippen molar-refractivity contribution in [2.75, 3.05) is 0 Å². The van der Waals surface area contributed by atoms with Crippen LogP contribution in [0.3, 0.4) is 0 Å². The second-order valence-corrected chi connectivity index (χ2v) is 18.1. The molecule has 0 bridgehead atoms. The van der Waals surface area contributed by atoms with Gasteiger partial charge in [-0.1, -0.05) is 0 Å². The van der Waals surface area contributed by atoms with Crippen LogP contribution in [0.15, 0.2) is 0 Å². The van der Waals surface area contributed by atoms with Crippen LogP contribution in [0.4, 0.5) is 0 Å². The number of hydrogen-bond donors (Lipinski definition) is 0. The summed E-state index contributed by atoms with van der Waals surface area (Å²) >= 11 is -2.07. The molecule has 84 valence electrons. The molecule has 14 heavy (non-hydrogen) atoms. The van der Waals surface area contributed by atoms with Crippen LogP contribution in [0.5, 0.6) is 0 Å². The zero-order chi connectivity index (χ0) is 10.4. The molecule has 1 aliphatic rings. The van der Waals surface area contributed by atoms with Gasteiger partial charge >= 0.3 is 94.2 Å². The Hall–Kier alpha value is 0.759. The first-order valence-electron chi connectivity index (χ1n) is 6.44. The first-order chi connectivity index (χ1) is 6.76. The van der Waals surface area contributed by atoms with E-state index in [0.717, 1.165) is 0 Å².